The zero-order chi connectivity index (χ0) is 21.2. The molecule has 0 atom stereocenters. The van der Waals surface area contributed by atoms with Crippen LogP contribution in [0.5, 0.6) is 0 Å². The zero-order valence-corrected chi connectivity index (χ0v) is 18.1. The van der Waals surface area contributed by atoms with Gasteiger partial charge in [0.25, 0.3) is 20.0 Å². The van der Waals surface area contributed by atoms with E-state index in [1.165, 1.54) is 12.1 Å². The second-order valence-electron chi connectivity index (χ2n) is 6.42. The molecule has 0 aromatic heterocycles. The highest BCUT2D eigenvalue weighted by Crippen LogP contribution is 2.27. The van der Waals surface area contributed by atoms with Crippen molar-refractivity contribution in [3.05, 3.63) is 82.9 Å². The number of hydrogen-bond donors (Lipinski definition) is 2. The Labute approximate surface area is 175 Å². The van der Waals surface area contributed by atoms with Crippen LogP contribution < -0.4 is 9.44 Å². The fourth-order valence-electron chi connectivity index (χ4n) is 2.68. The van der Waals surface area contributed by atoms with Crippen LogP contribution in [-0.2, 0) is 20.0 Å². The summed E-state index contributed by atoms with van der Waals surface area (Å²) < 4.78 is 56.2. The first-order valence-electron chi connectivity index (χ1n) is 8.56. The second kappa shape index (κ2) is 8.06. The van der Waals surface area contributed by atoms with Crippen molar-refractivity contribution in [1.82, 2.24) is 0 Å². The van der Waals surface area contributed by atoms with Crippen LogP contribution in [0, 0.1) is 13.8 Å². The number of benzene rings is 3. The molecular weight excluding hydrogens is 432 g/mol. The Kier molecular flexibility index (Phi) is 5.88. The summed E-state index contributed by atoms with van der Waals surface area (Å²) in [7, 11) is -8.00. The molecule has 0 heterocycles. The van der Waals surface area contributed by atoms with E-state index in [0.717, 1.165) is 6.07 Å². The number of anilines is 2. The van der Waals surface area contributed by atoms with Gasteiger partial charge in [0, 0.05) is 10.7 Å². The molecule has 0 saturated carbocycles. The van der Waals surface area contributed by atoms with E-state index < -0.39 is 20.0 Å². The zero-order valence-electron chi connectivity index (χ0n) is 15.7. The fourth-order valence-corrected chi connectivity index (χ4v) is 5.40. The molecule has 0 aliphatic carbocycles. The van der Waals surface area contributed by atoms with Gasteiger partial charge < -0.3 is 0 Å². The molecule has 0 fully saturated rings. The molecule has 152 valence electrons. The van der Waals surface area contributed by atoms with Crippen LogP contribution in [0.1, 0.15) is 11.1 Å². The number of sulfonamides is 2. The molecule has 6 nitrogen and oxygen atoms in total. The standard InChI is InChI=1S/C20H19ClN2O4S2/c1-14-11-12-17(28(24,25)23-19-10-6-9-18(21)15(19)2)13-20(14)29(26,27)22-16-7-4-3-5-8-16/h3-13,22-23H,1-2H3. The number of hydrogen-bond acceptors (Lipinski definition) is 4. The minimum atomic E-state index is -4.03. The van der Waals surface area contributed by atoms with Crippen molar-refractivity contribution in [3.63, 3.8) is 0 Å². The monoisotopic (exact) mass is 450 g/mol. The van der Waals surface area contributed by atoms with E-state index in [9.17, 15) is 16.8 Å². The van der Waals surface area contributed by atoms with Crippen molar-refractivity contribution >= 4 is 43.0 Å². The van der Waals surface area contributed by atoms with Crippen LogP contribution in [0.4, 0.5) is 11.4 Å². The lowest BCUT2D eigenvalue weighted by molar-refractivity contribution is 0.599. The third-order valence-electron chi connectivity index (χ3n) is 4.30. The summed E-state index contributed by atoms with van der Waals surface area (Å²) in [6, 6.07) is 17.2. The Balaban J connectivity index is 1.99. The highest BCUT2D eigenvalue weighted by Gasteiger charge is 2.22. The van der Waals surface area contributed by atoms with Gasteiger partial charge >= 0.3 is 0 Å². The largest absolute Gasteiger partial charge is 0.280 e. The van der Waals surface area contributed by atoms with Gasteiger partial charge in [0.2, 0.25) is 0 Å². The first kappa shape index (κ1) is 21.2. The average molecular weight is 451 g/mol. The molecule has 3 aromatic rings. The highest BCUT2D eigenvalue weighted by molar-refractivity contribution is 7.93. The van der Waals surface area contributed by atoms with Gasteiger partial charge in [0.05, 0.1) is 15.5 Å². The molecule has 0 aliphatic rings. The van der Waals surface area contributed by atoms with Crippen LogP contribution in [0.15, 0.2) is 76.5 Å². The van der Waals surface area contributed by atoms with Gasteiger partial charge in [0.1, 0.15) is 0 Å². The molecule has 0 radical (unpaired) electrons. The van der Waals surface area contributed by atoms with Crippen molar-refractivity contribution in [2.24, 2.45) is 0 Å². The molecule has 0 unspecified atom stereocenters. The normalized spacial score (nSPS) is 11.8. The molecule has 0 spiro atoms. The predicted octanol–water partition coefficient (Wildman–Crippen LogP) is 4.56. The van der Waals surface area contributed by atoms with Gasteiger partial charge in [-0.25, -0.2) is 16.8 Å². The van der Waals surface area contributed by atoms with E-state index in [1.54, 1.807) is 62.4 Å². The summed E-state index contributed by atoms with van der Waals surface area (Å²) in [6.07, 6.45) is 0. The third-order valence-corrected chi connectivity index (χ3v) is 7.59. The fraction of sp³-hybridized carbons (Fsp3) is 0.100. The van der Waals surface area contributed by atoms with Gasteiger partial charge in [-0.1, -0.05) is 41.9 Å². The van der Waals surface area contributed by atoms with Crippen molar-refractivity contribution < 1.29 is 16.8 Å². The number of rotatable bonds is 6. The number of nitrogens with one attached hydrogen (secondary N) is 2. The van der Waals surface area contributed by atoms with Gasteiger partial charge in [-0.05, 0) is 61.4 Å². The smallest absolute Gasteiger partial charge is 0.262 e. The molecule has 29 heavy (non-hydrogen) atoms. The van der Waals surface area contributed by atoms with E-state index in [1.807, 2.05) is 0 Å². The van der Waals surface area contributed by atoms with E-state index in [4.69, 9.17) is 11.6 Å². The molecule has 0 saturated heterocycles. The van der Waals surface area contributed by atoms with Gasteiger partial charge in [0.15, 0.2) is 0 Å². The van der Waals surface area contributed by atoms with Gasteiger partial charge in [-0.2, -0.15) is 0 Å². The Hall–Kier alpha value is -2.55. The minimum absolute atomic E-state index is 0.118. The van der Waals surface area contributed by atoms with E-state index in [-0.39, 0.29) is 9.79 Å². The quantitative estimate of drug-likeness (QED) is 0.575. The van der Waals surface area contributed by atoms with Crippen LogP contribution in [0.3, 0.4) is 0 Å². The highest BCUT2D eigenvalue weighted by atomic mass is 35.5. The van der Waals surface area contributed by atoms with Gasteiger partial charge in [-0.3, -0.25) is 9.44 Å². The van der Waals surface area contributed by atoms with Crippen LogP contribution in [0.2, 0.25) is 5.02 Å². The molecule has 9 heteroatoms. The topological polar surface area (TPSA) is 92.3 Å². The first-order valence-corrected chi connectivity index (χ1v) is 11.9. The Morgan fingerprint density at radius 1 is 0.759 bits per heavy atom. The average Bonchev–Trinajstić information content (AvgIpc) is 2.66. The van der Waals surface area contributed by atoms with E-state index >= 15 is 0 Å². The summed E-state index contributed by atoms with van der Waals surface area (Å²) in [5, 5.41) is 0.421. The lowest BCUT2D eigenvalue weighted by Gasteiger charge is -2.14. The summed E-state index contributed by atoms with van der Waals surface area (Å²) in [4.78, 5) is -0.289. The van der Waals surface area contributed by atoms with E-state index in [0.29, 0.717) is 27.5 Å². The number of aryl methyl sites for hydroxylation is 1. The molecule has 0 amide bonds. The first-order chi connectivity index (χ1) is 13.6. The van der Waals surface area contributed by atoms with Crippen molar-refractivity contribution in [2.45, 2.75) is 23.6 Å². The molecule has 3 rings (SSSR count). The summed E-state index contributed by atoms with van der Waals surface area (Å²) >= 11 is 6.05. The van der Waals surface area contributed by atoms with Crippen molar-refractivity contribution in [3.8, 4) is 0 Å². The SMILES string of the molecule is Cc1ccc(S(=O)(=O)Nc2cccc(Cl)c2C)cc1S(=O)(=O)Nc1ccccc1. The number of halogens is 1. The Morgan fingerprint density at radius 2 is 1.45 bits per heavy atom. The van der Waals surface area contributed by atoms with Crippen LogP contribution >= 0.6 is 11.6 Å². The Bertz CT molecular complexity index is 1260. The lowest BCUT2D eigenvalue weighted by Crippen LogP contribution is -2.17. The van der Waals surface area contributed by atoms with Crippen LogP contribution in [0.25, 0.3) is 0 Å². The lowest BCUT2D eigenvalue weighted by atomic mass is 10.2. The maximum atomic E-state index is 12.8. The maximum Gasteiger partial charge on any atom is 0.262 e. The molecular formula is C20H19ClN2O4S2. The third kappa shape index (κ3) is 4.72. The van der Waals surface area contributed by atoms with Crippen molar-refractivity contribution in [1.29, 1.82) is 0 Å². The molecule has 0 aliphatic heterocycles. The summed E-state index contributed by atoms with van der Waals surface area (Å²) in [6.45, 7) is 3.29. The van der Waals surface area contributed by atoms with E-state index in [2.05, 4.69) is 9.44 Å². The minimum Gasteiger partial charge on any atom is -0.280 e. The van der Waals surface area contributed by atoms with Gasteiger partial charge in [-0.15, -0.1) is 0 Å². The molecule has 0 bridgehead atoms. The predicted molar refractivity (Wildman–Crippen MR) is 115 cm³/mol. The summed E-state index contributed by atoms with van der Waals surface area (Å²) in [5.41, 5.74) is 1.70. The van der Waals surface area contributed by atoms with Crippen molar-refractivity contribution in [2.75, 3.05) is 9.44 Å². The van der Waals surface area contributed by atoms with Crippen LogP contribution in [-0.4, -0.2) is 16.8 Å². The molecule has 3 aromatic carbocycles. The second-order valence-corrected chi connectivity index (χ2v) is 10.2. The maximum absolute atomic E-state index is 12.8. The summed E-state index contributed by atoms with van der Waals surface area (Å²) in [5.74, 6) is 0. The Morgan fingerprint density at radius 3 is 2.14 bits per heavy atom. The number of para-hydroxylation sites is 1. The molecule has 2 N–H and O–H groups in total.